The van der Waals surface area contributed by atoms with Gasteiger partial charge in [-0.1, -0.05) is 58.0 Å². The molecule has 0 saturated heterocycles. The highest BCUT2D eigenvalue weighted by Crippen LogP contribution is 2.72. The van der Waals surface area contributed by atoms with Gasteiger partial charge in [-0.3, -0.25) is 4.98 Å². The molecule has 2 aromatic rings. The number of nitrogens with zero attached hydrogens (tertiary/aromatic N) is 1. The van der Waals surface area contributed by atoms with E-state index in [0.717, 1.165) is 5.69 Å². The molecule has 0 bridgehead atoms. The lowest BCUT2D eigenvalue weighted by Gasteiger charge is -2.50. The van der Waals surface area contributed by atoms with E-state index in [9.17, 15) is 0 Å². The number of rotatable bonds is 1. The summed E-state index contributed by atoms with van der Waals surface area (Å²) in [6.45, 7) is 12.1. The number of benzene rings is 1. The Balaban J connectivity index is 2.14. The summed E-state index contributed by atoms with van der Waals surface area (Å²) in [5, 5.41) is 0. The average molecular weight is 317 g/mol. The summed E-state index contributed by atoms with van der Waals surface area (Å²) >= 11 is 0. The van der Waals surface area contributed by atoms with Gasteiger partial charge in [-0.15, -0.1) is 0 Å². The first-order valence-corrected chi connectivity index (χ1v) is 9.05. The van der Waals surface area contributed by atoms with E-state index >= 15 is 0 Å². The largest absolute Gasteiger partial charge is 0.257 e. The molecule has 4 rings (SSSR count). The molecule has 124 valence electrons. The third-order valence-electron chi connectivity index (χ3n) is 6.81. The van der Waals surface area contributed by atoms with Crippen LogP contribution in [0.15, 0.2) is 48.7 Å². The molecule has 0 N–H and O–H groups in total. The van der Waals surface area contributed by atoms with Gasteiger partial charge in [-0.25, -0.2) is 0 Å². The van der Waals surface area contributed by atoms with Gasteiger partial charge in [0, 0.05) is 11.6 Å². The Morgan fingerprint density at radius 2 is 1.46 bits per heavy atom. The standard InChI is InChI=1S/C23H27N/c1-16-17-10-6-7-11-18(17)23(20(16)19-12-8-9-15-24-19)21(2,3)13-14-22(23,4)5/h6-12,15H,13-14H2,1-5H3. The average Bonchev–Trinajstić information content (AvgIpc) is 2.95. The predicted molar refractivity (Wildman–Crippen MR) is 102 cm³/mol. The van der Waals surface area contributed by atoms with E-state index in [2.05, 4.69) is 71.0 Å². The van der Waals surface area contributed by atoms with Crippen molar-refractivity contribution in [3.63, 3.8) is 0 Å². The lowest BCUT2D eigenvalue weighted by atomic mass is 9.53. The summed E-state index contributed by atoms with van der Waals surface area (Å²) < 4.78 is 0. The van der Waals surface area contributed by atoms with E-state index in [0.29, 0.717) is 0 Å². The van der Waals surface area contributed by atoms with Crippen LogP contribution in [0.2, 0.25) is 0 Å². The lowest BCUT2D eigenvalue weighted by Crippen LogP contribution is -2.46. The molecular weight excluding hydrogens is 290 g/mol. The van der Waals surface area contributed by atoms with Crippen LogP contribution in [0.4, 0.5) is 0 Å². The second-order valence-electron chi connectivity index (χ2n) is 8.78. The van der Waals surface area contributed by atoms with Crippen LogP contribution in [0.5, 0.6) is 0 Å². The second-order valence-corrected chi connectivity index (χ2v) is 8.78. The predicted octanol–water partition coefficient (Wildman–Crippen LogP) is 6.11. The fraction of sp³-hybridized carbons (Fsp3) is 0.435. The smallest absolute Gasteiger partial charge is 0.0673 e. The molecule has 1 heteroatoms. The maximum atomic E-state index is 4.79. The van der Waals surface area contributed by atoms with Crippen molar-refractivity contribution in [1.82, 2.24) is 4.98 Å². The molecule has 0 aliphatic heterocycles. The minimum atomic E-state index is 0.0228. The zero-order valence-corrected chi connectivity index (χ0v) is 15.5. The first kappa shape index (κ1) is 15.6. The van der Waals surface area contributed by atoms with E-state index in [1.54, 1.807) is 0 Å². The summed E-state index contributed by atoms with van der Waals surface area (Å²) in [4.78, 5) is 4.79. The zero-order chi connectivity index (χ0) is 17.2. The quantitative estimate of drug-likeness (QED) is 0.618. The normalized spacial score (nSPS) is 22.9. The van der Waals surface area contributed by atoms with Crippen LogP contribution < -0.4 is 0 Å². The van der Waals surface area contributed by atoms with Gasteiger partial charge in [0.25, 0.3) is 0 Å². The Bertz CT molecular complexity index is 808. The van der Waals surface area contributed by atoms with Crippen LogP contribution in [0.3, 0.4) is 0 Å². The van der Waals surface area contributed by atoms with Crippen molar-refractivity contribution in [2.24, 2.45) is 10.8 Å². The molecule has 0 amide bonds. The van der Waals surface area contributed by atoms with E-state index in [1.807, 2.05) is 12.3 Å². The van der Waals surface area contributed by atoms with Crippen LogP contribution >= 0.6 is 0 Å². The van der Waals surface area contributed by atoms with E-state index in [-0.39, 0.29) is 16.2 Å². The molecule has 0 unspecified atom stereocenters. The van der Waals surface area contributed by atoms with Gasteiger partial charge in [0.05, 0.1) is 5.69 Å². The third-order valence-corrected chi connectivity index (χ3v) is 6.81. The molecule has 1 fully saturated rings. The number of hydrogen-bond acceptors (Lipinski definition) is 1. The van der Waals surface area contributed by atoms with Crippen LogP contribution in [-0.4, -0.2) is 4.98 Å². The van der Waals surface area contributed by atoms with Gasteiger partial charge < -0.3 is 0 Å². The molecule has 0 atom stereocenters. The van der Waals surface area contributed by atoms with Gasteiger partial charge in [0.2, 0.25) is 0 Å². The maximum absolute atomic E-state index is 4.79. The van der Waals surface area contributed by atoms with Crippen molar-refractivity contribution in [2.75, 3.05) is 0 Å². The van der Waals surface area contributed by atoms with Gasteiger partial charge in [-0.05, 0) is 65.0 Å². The summed E-state index contributed by atoms with van der Waals surface area (Å²) in [5.74, 6) is 0. The minimum Gasteiger partial charge on any atom is -0.257 e. The maximum Gasteiger partial charge on any atom is 0.0673 e. The minimum absolute atomic E-state index is 0.0228. The summed E-state index contributed by atoms with van der Waals surface area (Å²) in [6, 6.07) is 15.4. The number of fused-ring (bicyclic) bond motifs is 2. The Labute approximate surface area is 145 Å². The molecule has 2 aliphatic carbocycles. The molecule has 24 heavy (non-hydrogen) atoms. The van der Waals surface area contributed by atoms with Crippen molar-refractivity contribution in [1.29, 1.82) is 0 Å². The number of allylic oxidation sites excluding steroid dienone is 2. The van der Waals surface area contributed by atoms with Crippen LogP contribution in [-0.2, 0) is 5.41 Å². The Hall–Kier alpha value is -1.89. The van der Waals surface area contributed by atoms with Gasteiger partial charge in [0.1, 0.15) is 0 Å². The number of aromatic nitrogens is 1. The highest BCUT2D eigenvalue weighted by atomic mass is 14.7. The Kier molecular flexibility index (Phi) is 3.13. The molecule has 1 aromatic carbocycles. The zero-order valence-electron chi connectivity index (χ0n) is 15.5. The fourth-order valence-corrected chi connectivity index (χ4v) is 5.90. The first-order chi connectivity index (χ1) is 11.3. The molecule has 1 spiro atoms. The van der Waals surface area contributed by atoms with Crippen molar-refractivity contribution in [3.05, 3.63) is 65.5 Å². The molecule has 0 radical (unpaired) electrons. The van der Waals surface area contributed by atoms with Crippen LogP contribution in [0.25, 0.3) is 11.1 Å². The Morgan fingerprint density at radius 1 is 0.833 bits per heavy atom. The van der Waals surface area contributed by atoms with Crippen LogP contribution in [0, 0.1) is 10.8 Å². The Morgan fingerprint density at radius 3 is 2.08 bits per heavy atom. The number of pyridine rings is 1. The van der Waals surface area contributed by atoms with Gasteiger partial charge in [0.15, 0.2) is 0 Å². The third kappa shape index (κ3) is 1.68. The topological polar surface area (TPSA) is 12.9 Å². The summed E-state index contributed by atoms with van der Waals surface area (Å²) in [7, 11) is 0. The lowest BCUT2D eigenvalue weighted by molar-refractivity contribution is 0.167. The molecule has 1 heterocycles. The van der Waals surface area contributed by atoms with Crippen molar-refractivity contribution in [2.45, 2.75) is 52.9 Å². The van der Waals surface area contributed by atoms with Gasteiger partial charge in [-0.2, -0.15) is 0 Å². The molecule has 1 aromatic heterocycles. The van der Waals surface area contributed by atoms with Crippen molar-refractivity contribution < 1.29 is 0 Å². The molecule has 1 saturated carbocycles. The fourth-order valence-electron chi connectivity index (χ4n) is 5.90. The van der Waals surface area contributed by atoms with Crippen molar-refractivity contribution in [3.8, 4) is 0 Å². The summed E-state index contributed by atoms with van der Waals surface area (Å²) in [6.07, 6.45) is 4.43. The summed E-state index contributed by atoms with van der Waals surface area (Å²) in [5.41, 5.74) is 7.37. The molecular formula is C23H27N. The highest BCUT2D eigenvalue weighted by Gasteiger charge is 2.65. The highest BCUT2D eigenvalue weighted by molar-refractivity contribution is 6.01. The molecule has 2 aliphatic rings. The van der Waals surface area contributed by atoms with E-state index in [4.69, 9.17) is 4.98 Å². The van der Waals surface area contributed by atoms with Crippen LogP contribution in [0.1, 0.15) is 64.3 Å². The first-order valence-electron chi connectivity index (χ1n) is 9.05. The van der Waals surface area contributed by atoms with E-state index < -0.39 is 0 Å². The monoisotopic (exact) mass is 317 g/mol. The second kappa shape index (κ2) is 4.81. The SMILES string of the molecule is CC1=C(c2ccccn2)C2(c3ccccc31)C(C)(C)CCC2(C)C. The molecule has 1 nitrogen and oxygen atoms in total. The van der Waals surface area contributed by atoms with Gasteiger partial charge >= 0.3 is 0 Å². The van der Waals surface area contributed by atoms with E-state index in [1.165, 1.54) is 35.1 Å². The number of hydrogen-bond donors (Lipinski definition) is 0. The van der Waals surface area contributed by atoms with Crippen molar-refractivity contribution >= 4 is 11.1 Å².